The van der Waals surface area contributed by atoms with E-state index in [4.69, 9.17) is 0 Å². The normalized spacial score (nSPS) is 14.6. The number of ketones is 1. The van der Waals surface area contributed by atoms with E-state index in [1.54, 1.807) is 0 Å². The molecule has 0 unspecified atom stereocenters. The number of rotatable bonds is 4. The molecule has 0 amide bonds. The molecular weight excluding hydrogens is 258 g/mol. The fourth-order valence-electron chi connectivity index (χ4n) is 2.73. The Bertz CT molecular complexity index is 622. The summed E-state index contributed by atoms with van der Waals surface area (Å²) < 4.78 is 0. The Morgan fingerprint density at radius 2 is 1.43 bits per heavy atom. The lowest BCUT2D eigenvalue weighted by Crippen LogP contribution is -2.10. The Labute approximate surface area is 126 Å². The zero-order chi connectivity index (χ0) is 14.8. The van der Waals surface area contributed by atoms with E-state index in [1.165, 1.54) is 24.8 Å². The van der Waals surface area contributed by atoms with E-state index >= 15 is 0 Å². The first-order valence-electron chi connectivity index (χ1n) is 7.57. The Morgan fingerprint density at radius 1 is 0.905 bits per heavy atom. The molecule has 1 fully saturated rings. The van der Waals surface area contributed by atoms with E-state index in [0.29, 0.717) is 5.92 Å². The van der Waals surface area contributed by atoms with Crippen LogP contribution < -0.4 is 4.90 Å². The van der Waals surface area contributed by atoms with Crippen LogP contribution in [0.4, 0.5) is 5.69 Å². The van der Waals surface area contributed by atoms with Crippen molar-refractivity contribution in [2.75, 3.05) is 19.0 Å². The molecule has 0 spiro atoms. The molecule has 0 heterocycles. The van der Waals surface area contributed by atoms with Gasteiger partial charge in [-0.15, -0.1) is 0 Å². The van der Waals surface area contributed by atoms with Crippen molar-refractivity contribution in [1.29, 1.82) is 0 Å². The summed E-state index contributed by atoms with van der Waals surface area (Å²) in [5.41, 5.74) is 4.00. The quantitative estimate of drug-likeness (QED) is 0.780. The summed E-state index contributed by atoms with van der Waals surface area (Å²) in [5, 5.41) is 0. The summed E-state index contributed by atoms with van der Waals surface area (Å²) in [5.74, 6) is 0.814. The molecular formula is C19H21NO. The minimum atomic E-state index is 0.0977. The first-order chi connectivity index (χ1) is 10.1. The average molecular weight is 279 g/mol. The molecule has 1 aliphatic carbocycles. The second kappa shape index (κ2) is 5.72. The third kappa shape index (κ3) is 2.85. The van der Waals surface area contributed by atoms with Crippen molar-refractivity contribution in [2.24, 2.45) is 0 Å². The van der Waals surface area contributed by atoms with E-state index in [1.807, 2.05) is 55.4 Å². The predicted molar refractivity (Wildman–Crippen MR) is 87.2 cm³/mol. The van der Waals surface area contributed by atoms with Gasteiger partial charge in [0.1, 0.15) is 0 Å². The molecule has 0 saturated heterocycles. The van der Waals surface area contributed by atoms with Crippen LogP contribution >= 0.6 is 0 Å². The van der Waals surface area contributed by atoms with Gasteiger partial charge in [-0.3, -0.25) is 4.79 Å². The molecule has 3 rings (SSSR count). The smallest absolute Gasteiger partial charge is 0.193 e. The van der Waals surface area contributed by atoms with Crippen molar-refractivity contribution < 1.29 is 4.79 Å². The second-order valence-corrected chi connectivity index (χ2v) is 6.02. The molecule has 0 radical (unpaired) electrons. The summed E-state index contributed by atoms with van der Waals surface area (Å²) in [6.07, 6.45) is 3.92. The summed E-state index contributed by atoms with van der Waals surface area (Å²) in [4.78, 5) is 14.5. The number of hydrogen-bond donors (Lipinski definition) is 0. The van der Waals surface area contributed by atoms with Crippen molar-refractivity contribution in [3.63, 3.8) is 0 Å². The van der Waals surface area contributed by atoms with Crippen LogP contribution in [0.25, 0.3) is 0 Å². The van der Waals surface area contributed by atoms with Gasteiger partial charge in [0, 0.05) is 30.9 Å². The van der Waals surface area contributed by atoms with Gasteiger partial charge in [0.15, 0.2) is 5.78 Å². The first-order valence-corrected chi connectivity index (χ1v) is 7.57. The van der Waals surface area contributed by atoms with E-state index in [0.717, 1.165) is 16.8 Å². The molecule has 2 aromatic rings. The minimum absolute atomic E-state index is 0.0977. The summed E-state index contributed by atoms with van der Waals surface area (Å²) >= 11 is 0. The van der Waals surface area contributed by atoms with Crippen molar-refractivity contribution in [3.05, 3.63) is 65.2 Å². The van der Waals surface area contributed by atoms with Gasteiger partial charge >= 0.3 is 0 Å². The number of carbonyl (C=O) groups is 1. The van der Waals surface area contributed by atoms with Crippen molar-refractivity contribution >= 4 is 11.5 Å². The lowest BCUT2D eigenvalue weighted by Gasteiger charge is -2.25. The SMILES string of the molecule is CN(C)c1ccc(C(=O)c2ccc(C3CCC3)cc2)cc1. The maximum atomic E-state index is 12.5. The van der Waals surface area contributed by atoms with Gasteiger partial charge in [-0.25, -0.2) is 0 Å². The molecule has 0 aromatic heterocycles. The number of benzene rings is 2. The highest BCUT2D eigenvalue weighted by Gasteiger charge is 2.19. The highest BCUT2D eigenvalue weighted by Crippen LogP contribution is 2.36. The van der Waals surface area contributed by atoms with Gasteiger partial charge in [-0.05, 0) is 48.6 Å². The van der Waals surface area contributed by atoms with Crippen LogP contribution in [0.3, 0.4) is 0 Å². The van der Waals surface area contributed by atoms with E-state index in [-0.39, 0.29) is 5.78 Å². The van der Waals surface area contributed by atoms with Crippen molar-refractivity contribution in [1.82, 2.24) is 0 Å². The summed E-state index contributed by atoms with van der Waals surface area (Å²) in [7, 11) is 3.99. The maximum Gasteiger partial charge on any atom is 0.193 e. The molecule has 0 bridgehead atoms. The monoisotopic (exact) mass is 279 g/mol. The molecule has 0 aliphatic heterocycles. The van der Waals surface area contributed by atoms with Crippen LogP contribution in [0.1, 0.15) is 46.7 Å². The summed E-state index contributed by atoms with van der Waals surface area (Å²) in [6, 6.07) is 15.9. The lowest BCUT2D eigenvalue weighted by atomic mass is 9.80. The van der Waals surface area contributed by atoms with Crippen molar-refractivity contribution in [3.8, 4) is 0 Å². The number of hydrogen-bond acceptors (Lipinski definition) is 2. The van der Waals surface area contributed by atoms with E-state index in [9.17, 15) is 4.79 Å². The van der Waals surface area contributed by atoms with Crippen molar-refractivity contribution in [2.45, 2.75) is 25.2 Å². The zero-order valence-electron chi connectivity index (χ0n) is 12.7. The molecule has 108 valence electrons. The molecule has 0 N–H and O–H groups in total. The Hall–Kier alpha value is -2.09. The maximum absolute atomic E-state index is 12.5. The summed E-state index contributed by atoms with van der Waals surface area (Å²) in [6.45, 7) is 0. The average Bonchev–Trinajstić information content (AvgIpc) is 2.46. The molecule has 2 aromatic carbocycles. The van der Waals surface area contributed by atoms with Crippen LogP contribution in [-0.2, 0) is 0 Å². The lowest BCUT2D eigenvalue weighted by molar-refractivity contribution is 0.103. The number of anilines is 1. The topological polar surface area (TPSA) is 20.3 Å². The fraction of sp³-hybridized carbons (Fsp3) is 0.316. The third-order valence-corrected chi connectivity index (χ3v) is 4.40. The first kappa shape index (κ1) is 13.9. The molecule has 2 heteroatoms. The largest absolute Gasteiger partial charge is 0.378 e. The van der Waals surface area contributed by atoms with Gasteiger partial charge < -0.3 is 4.90 Å². The Morgan fingerprint density at radius 3 is 1.86 bits per heavy atom. The Kier molecular flexibility index (Phi) is 3.78. The minimum Gasteiger partial charge on any atom is -0.378 e. The van der Waals surface area contributed by atoms with E-state index in [2.05, 4.69) is 12.1 Å². The molecule has 21 heavy (non-hydrogen) atoms. The predicted octanol–water partition coefficient (Wildman–Crippen LogP) is 4.25. The van der Waals surface area contributed by atoms with Gasteiger partial charge in [0.25, 0.3) is 0 Å². The fourth-order valence-corrected chi connectivity index (χ4v) is 2.73. The molecule has 2 nitrogen and oxygen atoms in total. The molecule has 1 aliphatic rings. The highest BCUT2D eigenvalue weighted by molar-refractivity contribution is 6.09. The van der Waals surface area contributed by atoms with Crippen LogP contribution in [0.5, 0.6) is 0 Å². The highest BCUT2D eigenvalue weighted by atomic mass is 16.1. The van der Waals surface area contributed by atoms with Crippen LogP contribution in [0.2, 0.25) is 0 Å². The van der Waals surface area contributed by atoms with Gasteiger partial charge in [0.2, 0.25) is 0 Å². The van der Waals surface area contributed by atoms with E-state index < -0.39 is 0 Å². The van der Waals surface area contributed by atoms with Gasteiger partial charge in [0.05, 0.1) is 0 Å². The van der Waals surface area contributed by atoms with Crippen LogP contribution in [0, 0.1) is 0 Å². The van der Waals surface area contributed by atoms with Gasteiger partial charge in [-0.1, -0.05) is 30.7 Å². The molecule has 0 atom stereocenters. The number of carbonyl (C=O) groups excluding carboxylic acids is 1. The molecule has 1 saturated carbocycles. The Balaban J connectivity index is 1.77. The standard InChI is InChI=1S/C19H21NO/c1-20(2)18-12-10-17(11-13-18)19(21)16-8-6-15(7-9-16)14-4-3-5-14/h6-14H,3-5H2,1-2H3. The third-order valence-electron chi connectivity index (χ3n) is 4.40. The second-order valence-electron chi connectivity index (χ2n) is 6.02. The van der Waals surface area contributed by atoms with Crippen LogP contribution in [0.15, 0.2) is 48.5 Å². The zero-order valence-corrected chi connectivity index (χ0v) is 12.7. The van der Waals surface area contributed by atoms with Gasteiger partial charge in [-0.2, -0.15) is 0 Å². The van der Waals surface area contributed by atoms with Crippen LogP contribution in [-0.4, -0.2) is 19.9 Å². The number of nitrogens with zero attached hydrogens (tertiary/aromatic N) is 1.